The topological polar surface area (TPSA) is 69.6 Å². The van der Waals surface area contributed by atoms with Crippen molar-refractivity contribution >= 4 is 12.0 Å². The molecule has 1 fully saturated rings. The van der Waals surface area contributed by atoms with Crippen molar-refractivity contribution < 1.29 is 14.7 Å². The maximum Gasteiger partial charge on any atom is 0.318 e. The molecule has 0 bridgehead atoms. The van der Waals surface area contributed by atoms with Crippen LogP contribution in [0.5, 0.6) is 0 Å². The highest BCUT2D eigenvalue weighted by Crippen LogP contribution is 2.45. The van der Waals surface area contributed by atoms with Gasteiger partial charge in [0.2, 0.25) is 0 Å². The summed E-state index contributed by atoms with van der Waals surface area (Å²) in [5.41, 5.74) is 4.65. The van der Waals surface area contributed by atoms with Crippen molar-refractivity contribution in [2.75, 3.05) is 7.05 Å². The Morgan fingerprint density at radius 2 is 1.44 bits per heavy atom. The van der Waals surface area contributed by atoms with Gasteiger partial charge in [0.15, 0.2) is 0 Å². The van der Waals surface area contributed by atoms with Crippen LogP contribution in [0.1, 0.15) is 42.9 Å². The summed E-state index contributed by atoms with van der Waals surface area (Å²) >= 11 is 0. The van der Waals surface area contributed by atoms with Gasteiger partial charge in [0.25, 0.3) is 0 Å². The van der Waals surface area contributed by atoms with Gasteiger partial charge in [-0.1, -0.05) is 48.5 Å². The van der Waals surface area contributed by atoms with Crippen LogP contribution in [0.15, 0.2) is 48.5 Å². The third kappa shape index (κ3) is 3.18. The fourth-order valence-corrected chi connectivity index (χ4v) is 4.42. The lowest BCUT2D eigenvalue weighted by Crippen LogP contribution is -2.46. The largest absolute Gasteiger partial charge is 0.481 e. The predicted octanol–water partition coefficient (Wildman–Crippen LogP) is 4.04. The average molecular weight is 364 g/mol. The first-order valence-corrected chi connectivity index (χ1v) is 9.50. The number of carboxylic acid groups (broad SMARTS) is 1. The van der Waals surface area contributed by atoms with E-state index in [2.05, 4.69) is 29.6 Å². The van der Waals surface area contributed by atoms with E-state index < -0.39 is 5.97 Å². The molecule has 1 saturated carbocycles. The lowest BCUT2D eigenvalue weighted by atomic mass is 9.86. The van der Waals surface area contributed by atoms with Gasteiger partial charge in [-0.15, -0.1) is 0 Å². The highest BCUT2D eigenvalue weighted by Gasteiger charge is 2.34. The highest BCUT2D eigenvalue weighted by molar-refractivity contribution is 5.82. The van der Waals surface area contributed by atoms with Crippen LogP contribution in [0, 0.1) is 5.92 Å². The monoisotopic (exact) mass is 364 g/mol. The number of nitrogens with one attached hydrogen (secondary N) is 1. The minimum absolute atomic E-state index is 0.0439. The first-order valence-electron chi connectivity index (χ1n) is 9.50. The molecule has 2 aliphatic carbocycles. The first-order chi connectivity index (χ1) is 13.1. The molecule has 0 radical (unpaired) electrons. The molecule has 5 heteroatoms. The molecule has 2 N–H and O–H groups in total. The fraction of sp³-hybridized carbons (Fsp3) is 0.364. The van der Waals surface area contributed by atoms with Crippen LogP contribution in [-0.4, -0.2) is 35.1 Å². The van der Waals surface area contributed by atoms with Gasteiger partial charge in [0.05, 0.1) is 12.0 Å². The van der Waals surface area contributed by atoms with Gasteiger partial charge in [-0.05, 0) is 47.9 Å². The lowest BCUT2D eigenvalue weighted by Gasteiger charge is -2.31. The van der Waals surface area contributed by atoms with Gasteiger partial charge < -0.3 is 15.3 Å². The molecule has 0 aliphatic heterocycles. The van der Waals surface area contributed by atoms with Gasteiger partial charge in [0.1, 0.15) is 0 Å². The Balaban J connectivity index is 1.50. The summed E-state index contributed by atoms with van der Waals surface area (Å²) in [6.45, 7) is 0. The SMILES string of the molecule is CN(C(=O)NC1CCC(C(=O)O)CC1)C1c2ccccc2-c2ccccc21. The molecule has 2 aromatic carbocycles. The molecule has 2 amide bonds. The number of hydrogen-bond donors (Lipinski definition) is 2. The van der Waals surface area contributed by atoms with E-state index in [0.717, 1.165) is 11.1 Å². The van der Waals surface area contributed by atoms with Crippen molar-refractivity contribution in [2.45, 2.75) is 37.8 Å². The Labute approximate surface area is 159 Å². The normalized spacial score (nSPS) is 21.2. The van der Waals surface area contributed by atoms with Gasteiger partial charge in [-0.3, -0.25) is 4.79 Å². The van der Waals surface area contributed by atoms with Crippen LogP contribution in [0.3, 0.4) is 0 Å². The van der Waals surface area contributed by atoms with Gasteiger partial charge in [-0.25, -0.2) is 4.79 Å². The maximum absolute atomic E-state index is 12.9. The summed E-state index contributed by atoms with van der Waals surface area (Å²) in [5.74, 6) is -1.000. The second kappa shape index (κ2) is 7.06. The van der Waals surface area contributed by atoms with Gasteiger partial charge >= 0.3 is 12.0 Å². The Morgan fingerprint density at radius 3 is 1.96 bits per heavy atom. The molecule has 140 valence electrons. The van der Waals surface area contributed by atoms with Crippen molar-refractivity contribution in [1.29, 1.82) is 0 Å². The molecule has 0 spiro atoms. The van der Waals surface area contributed by atoms with E-state index in [4.69, 9.17) is 5.11 Å². The Kier molecular flexibility index (Phi) is 4.60. The number of urea groups is 1. The molecule has 27 heavy (non-hydrogen) atoms. The first kappa shape index (κ1) is 17.6. The highest BCUT2D eigenvalue weighted by atomic mass is 16.4. The molecule has 0 aromatic heterocycles. The number of fused-ring (bicyclic) bond motifs is 3. The molecule has 0 unspecified atom stereocenters. The maximum atomic E-state index is 12.9. The molecule has 0 saturated heterocycles. The van der Waals surface area contributed by atoms with Crippen molar-refractivity contribution in [3.05, 3.63) is 59.7 Å². The number of amides is 2. The molecular formula is C22H24N2O3. The van der Waals surface area contributed by atoms with Crippen LogP contribution in [0.2, 0.25) is 0 Å². The van der Waals surface area contributed by atoms with Crippen molar-refractivity contribution in [3.63, 3.8) is 0 Å². The average Bonchev–Trinajstić information content (AvgIpc) is 3.02. The zero-order valence-electron chi connectivity index (χ0n) is 15.4. The summed E-state index contributed by atoms with van der Waals surface area (Å²) in [4.78, 5) is 25.8. The van der Waals surface area contributed by atoms with E-state index >= 15 is 0 Å². The molecule has 5 nitrogen and oxygen atoms in total. The third-order valence-electron chi connectivity index (χ3n) is 5.91. The number of nitrogens with zero attached hydrogens (tertiary/aromatic N) is 1. The van der Waals surface area contributed by atoms with Crippen LogP contribution < -0.4 is 5.32 Å². The Hall–Kier alpha value is -2.82. The lowest BCUT2D eigenvalue weighted by molar-refractivity contribution is -0.142. The summed E-state index contributed by atoms with van der Waals surface area (Å²) in [6, 6.07) is 16.3. The van der Waals surface area contributed by atoms with Crippen LogP contribution in [0.25, 0.3) is 11.1 Å². The van der Waals surface area contributed by atoms with Crippen LogP contribution >= 0.6 is 0 Å². The summed E-state index contributed by atoms with van der Waals surface area (Å²) in [6.07, 6.45) is 2.68. The molecule has 0 atom stereocenters. The number of carboxylic acids is 1. The molecule has 2 aromatic rings. The van der Waals surface area contributed by atoms with Crippen molar-refractivity contribution in [3.8, 4) is 11.1 Å². The number of aliphatic carboxylic acids is 1. The fourth-order valence-electron chi connectivity index (χ4n) is 4.42. The second-order valence-electron chi connectivity index (χ2n) is 7.52. The standard InChI is InChI=1S/C22H24N2O3/c1-24(22(27)23-15-12-10-14(11-13-15)21(25)26)20-18-8-4-2-6-16(18)17-7-3-5-9-19(17)20/h2-9,14-15,20H,10-13H2,1H3,(H,23,27)(H,25,26). The summed E-state index contributed by atoms with van der Waals surface area (Å²) in [7, 11) is 1.84. The third-order valence-corrected chi connectivity index (χ3v) is 5.91. The summed E-state index contributed by atoms with van der Waals surface area (Å²) in [5, 5.41) is 12.2. The molecular weight excluding hydrogens is 340 g/mol. The van der Waals surface area contributed by atoms with E-state index in [9.17, 15) is 9.59 Å². The zero-order valence-corrected chi connectivity index (χ0v) is 15.4. The van der Waals surface area contributed by atoms with E-state index in [1.807, 2.05) is 31.3 Å². The molecule has 0 heterocycles. The number of benzene rings is 2. The Bertz CT molecular complexity index is 826. The van der Waals surface area contributed by atoms with E-state index in [0.29, 0.717) is 25.7 Å². The predicted molar refractivity (Wildman–Crippen MR) is 103 cm³/mol. The van der Waals surface area contributed by atoms with E-state index in [-0.39, 0.29) is 24.0 Å². The molecule has 4 rings (SSSR count). The van der Waals surface area contributed by atoms with Gasteiger partial charge in [-0.2, -0.15) is 0 Å². The van der Waals surface area contributed by atoms with Crippen LogP contribution in [0.4, 0.5) is 4.79 Å². The minimum atomic E-state index is -0.726. The van der Waals surface area contributed by atoms with E-state index in [1.165, 1.54) is 11.1 Å². The summed E-state index contributed by atoms with van der Waals surface area (Å²) < 4.78 is 0. The van der Waals surface area contributed by atoms with Crippen molar-refractivity contribution in [2.24, 2.45) is 5.92 Å². The molecule has 2 aliphatic rings. The smallest absolute Gasteiger partial charge is 0.318 e. The number of carbonyl (C=O) groups is 2. The van der Waals surface area contributed by atoms with E-state index in [1.54, 1.807) is 4.90 Å². The van der Waals surface area contributed by atoms with Gasteiger partial charge in [0, 0.05) is 13.1 Å². The number of carbonyl (C=O) groups excluding carboxylic acids is 1. The second-order valence-corrected chi connectivity index (χ2v) is 7.52. The number of hydrogen-bond acceptors (Lipinski definition) is 2. The minimum Gasteiger partial charge on any atom is -0.481 e. The van der Waals surface area contributed by atoms with Crippen LogP contribution in [-0.2, 0) is 4.79 Å². The Morgan fingerprint density at radius 1 is 0.926 bits per heavy atom. The number of rotatable bonds is 3. The zero-order chi connectivity index (χ0) is 19.0. The quantitative estimate of drug-likeness (QED) is 0.863. The van der Waals surface area contributed by atoms with Crippen molar-refractivity contribution in [1.82, 2.24) is 10.2 Å².